The first-order valence-electron chi connectivity index (χ1n) is 8.76. The molecule has 0 saturated carbocycles. The summed E-state index contributed by atoms with van der Waals surface area (Å²) >= 11 is 7.60. The van der Waals surface area contributed by atoms with Crippen LogP contribution in [0, 0.1) is 0 Å². The van der Waals surface area contributed by atoms with Crippen LogP contribution >= 0.6 is 22.9 Å². The van der Waals surface area contributed by atoms with Crippen LogP contribution in [0.1, 0.15) is 5.56 Å². The molecular formula is C19H12ClNO7S3. The van der Waals surface area contributed by atoms with E-state index in [0.29, 0.717) is 9.90 Å². The fraction of sp³-hybridized carbons (Fsp3) is 0.0526. The third kappa shape index (κ3) is 3.62. The molecule has 160 valence electrons. The van der Waals surface area contributed by atoms with Crippen molar-refractivity contribution in [1.82, 2.24) is 5.39 Å². The first kappa shape index (κ1) is 20.8. The maximum Gasteiger partial charge on any atom is 0.317 e. The zero-order valence-electron chi connectivity index (χ0n) is 15.4. The van der Waals surface area contributed by atoms with Crippen molar-refractivity contribution in [2.45, 2.75) is 16.4 Å². The highest BCUT2D eigenvalue weighted by atomic mass is 35.5. The second-order valence-corrected chi connectivity index (χ2v) is 11.2. The maximum absolute atomic E-state index is 12.8. The van der Waals surface area contributed by atoms with E-state index in [0.717, 1.165) is 10.1 Å². The van der Waals surface area contributed by atoms with Gasteiger partial charge in [0.1, 0.15) is 21.8 Å². The number of benzene rings is 3. The summed E-state index contributed by atoms with van der Waals surface area (Å²) in [5, 5.41) is 1.14. The first-order valence-corrected chi connectivity index (χ1v) is 12.8. The van der Waals surface area contributed by atoms with Crippen molar-refractivity contribution in [3.63, 3.8) is 0 Å². The Morgan fingerprint density at radius 1 is 0.806 bits per heavy atom. The van der Waals surface area contributed by atoms with Gasteiger partial charge in [0.2, 0.25) is 0 Å². The van der Waals surface area contributed by atoms with Crippen LogP contribution in [0.15, 0.2) is 70.5 Å². The molecule has 31 heavy (non-hydrogen) atoms. The minimum Gasteiger partial charge on any atom is -0.244 e. The second kappa shape index (κ2) is 7.50. The molecule has 0 radical (unpaired) electrons. The van der Waals surface area contributed by atoms with Crippen molar-refractivity contribution < 1.29 is 30.2 Å². The monoisotopic (exact) mass is 497 g/mol. The number of hydrogen-bond donors (Lipinski definition) is 0. The van der Waals surface area contributed by atoms with Crippen molar-refractivity contribution in [1.29, 1.82) is 0 Å². The molecule has 0 fully saturated rings. The Bertz CT molecular complexity index is 1470. The lowest BCUT2D eigenvalue weighted by atomic mass is 10.1. The van der Waals surface area contributed by atoms with E-state index >= 15 is 0 Å². The van der Waals surface area contributed by atoms with Gasteiger partial charge in [-0.05, 0) is 23.6 Å². The highest BCUT2D eigenvalue weighted by molar-refractivity contribution is 7.87. The highest BCUT2D eigenvalue weighted by Crippen LogP contribution is 2.37. The van der Waals surface area contributed by atoms with Gasteiger partial charge in [-0.3, -0.25) is 0 Å². The van der Waals surface area contributed by atoms with Gasteiger partial charge >= 0.3 is 20.2 Å². The molecule has 0 amide bonds. The van der Waals surface area contributed by atoms with Gasteiger partial charge in [-0.15, -0.1) is 19.9 Å². The van der Waals surface area contributed by atoms with E-state index in [1.54, 1.807) is 0 Å². The quantitative estimate of drug-likeness (QED) is 0.411. The van der Waals surface area contributed by atoms with Crippen molar-refractivity contribution in [2.24, 2.45) is 0 Å². The highest BCUT2D eigenvalue weighted by Gasteiger charge is 2.33. The van der Waals surface area contributed by atoms with E-state index in [-0.39, 0.29) is 32.6 Å². The lowest BCUT2D eigenvalue weighted by Gasteiger charge is -2.17. The predicted molar refractivity (Wildman–Crippen MR) is 114 cm³/mol. The average molecular weight is 498 g/mol. The summed E-state index contributed by atoms with van der Waals surface area (Å²) in [6, 6.07) is 15.8. The molecule has 3 aromatic carbocycles. The maximum atomic E-state index is 12.8. The van der Waals surface area contributed by atoms with Crippen LogP contribution in [-0.2, 0) is 40.2 Å². The third-order valence-corrected chi connectivity index (χ3v) is 8.55. The fourth-order valence-electron chi connectivity index (χ4n) is 3.31. The molecule has 0 aliphatic carbocycles. The van der Waals surface area contributed by atoms with Gasteiger partial charge in [0, 0.05) is 21.0 Å². The summed E-state index contributed by atoms with van der Waals surface area (Å²) in [5.74, 6) is 0. The van der Waals surface area contributed by atoms with Crippen LogP contribution in [0.4, 0.5) is 0 Å². The van der Waals surface area contributed by atoms with E-state index in [1.807, 2.05) is 24.3 Å². The van der Waals surface area contributed by atoms with E-state index in [1.165, 1.54) is 47.7 Å². The van der Waals surface area contributed by atoms with Gasteiger partial charge in [0.25, 0.3) is 0 Å². The second-order valence-electron chi connectivity index (χ2n) is 6.51. The minimum absolute atomic E-state index is 0.00762. The summed E-state index contributed by atoms with van der Waals surface area (Å²) in [6.45, 7) is -0.296. The number of hydrogen-bond acceptors (Lipinski definition) is 9. The van der Waals surface area contributed by atoms with Crippen molar-refractivity contribution in [2.75, 3.05) is 0 Å². The Balaban J connectivity index is 1.56. The molecule has 0 spiro atoms. The number of fused-ring (bicyclic) bond motifs is 1. The van der Waals surface area contributed by atoms with Crippen LogP contribution in [0.3, 0.4) is 0 Å². The lowest BCUT2D eigenvalue weighted by molar-refractivity contribution is -0.455. The third-order valence-electron chi connectivity index (χ3n) is 4.66. The average Bonchev–Trinajstić information content (AvgIpc) is 3.04. The van der Waals surface area contributed by atoms with E-state index in [4.69, 9.17) is 25.0 Å². The van der Waals surface area contributed by atoms with Gasteiger partial charge in [-0.2, -0.15) is 16.8 Å². The molecule has 2 heterocycles. The van der Waals surface area contributed by atoms with E-state index in [2.05, 4.69) is 0 Å². The number of rotatable bonds is 3. The molecule has 0 N–H and O–H groups in total. The Morgan fingerprint density at radius 2 is 1.35 bits per heavy atom. The normalized spacial score (nSPS) is 18.1. The van der Waals surface area contributed by atoms with Gasteiger partial charge in [-0.1, -0.05) is 54.1 Å². The molecule has 0 atom stereocenters. The van der Waals surface area contributed by atoms with Crippen molar-refractivity contribution in [3.05, 3.63) is 70.6 Å². The lowest BCUT2D eigenvalue weighted by Crippen LogP contribution is -2.30. The molecule has 4 aromatic rings. The number of nitrogens with zero attached hydrogens (tertiary/aromatic N) is 1. The molecule has 0 saturated heterocycles. The topological polar surface area (TPSA) is 99.2 Å². The summed E-state index contributed by atoms with van der Waals surface area (Å²) in [5.41, 5.74) is 0.534. The zero-order valence-corrected chi connectivity index (χ0v) is 18.6. The van der Waals surface area contributed by atoms with Gasteiger partial charge in [-0.25, -0.2) is 4.84 Å². The van der Waals surface area contributed by atoms with Gasteiger partial charge in [0.15, 0.2) is 0 Å². The first-order chi connectivity index (χ1) is 14.8. The predicted octanol–water partition coefficient (Wildman–Crippen LogP) is 4.40. The molecule has 1 aliphatic heterocycles. The Kier molecular flexibility index (Phi) is 5.03. The van der Waals surface area contributed by atoms with Gasteiger partial charge < -0.3 is 0 Å². The van der Waals surface area contributed by atoms with E-state index in [9.17, 15) is 16.8 Å². The standard InChI is InChI=1S/C19H12ClNO7S3/c20-19-15(12-5-1-2-8-16(12)29-19)11-26-21-27-30(22,23)17-9-3-6-13-14(17)7-4-10-18(13)31(24,25)28-21/h1-10H,11H2. The Hall–Kier alpha value is -2.09. The smallest absolute Gasteiger partial charge is 0.244 e. The molecule has 12 heteroatoms. The fourth-order valence-corrected chi connectivity index (χ4v) is 6.70. The summed E-state index contributed by atoms with van der Waals surface area (Å²) in [6.07, 6.45) is 0. The zero-order chi connectivity index (χ0) is 21.8. The summed E-state index contributed by atoms with van der Waals surface area (Å²) < 4.78 is 62.5. The Morgan fingerprint density at radius 3 is 1.97 bits per heavy atom. The van der Waals surface area contributed by atoms with Crippen LogP contribution in [0.25, 0.3) is 20.9 Å². The van der Waals surface area contributed by atoms with Crippen LogP contribution in [-0.4, -0.2) is 22.2 Å². The van der Waals surface area contributed by atoms with Crippen molar-refractivity contribution in [3.8, 4) is 0 Å². The minimum atomic E-state index is -4.48. The number of thiophene rings is 1. The number of halogens is 1. The largest absolute Gasteiger partial charge is 0.317 e. The van der Waals surface area contributed by atoms with Crippen LogP contribution in [0.5, 0.6) is 0 Å². The molecule has 8 nitrogen and oxygen atoms in total. The summed E-state index contributed by atoms with van der Waals surface area (Å²) in [4.78, 5) is 4.87. The molecule has 1 aromatic heterocycles. The van der Waals surface area contributed by atoms with E-state index < -0.39 is 20.2 Å². The van der Waals surface area contributed by atoms with Crippen LogP contribution in [0.2, 0.25) is 4.34 Å². The molecule has 5 rings (SSSR count). The Labute approximate surface area is 186 Å². The molecular weight excluding hydrogens is 486 g/mol. The van der Waals surface area contributed by atoms with Crippen molar-refractivity contribution >= 4 is 64.0 Å². The SMILES string of the molecule is O=S1(=O)ON(OCc2c(Cl)sc3ccccc23)OS(=O)(=O)c2cccc3c1cccc23. The van der Waals surface area contributed by atoms with Gasteiger partial charge in [0.05, 0.1) is 4.34 Å². The summed E-state index contributed by atoms with van der Waals surface area (Å²) in [7, 11) is -8.96. The molecule has 0 unspecified atom stereocenters. The van der Waals surface area contributed by atoms with Crippen LogP contribution < -0.4 is 0 Å². The molecule has 1 aliphatic rings. The molecule has 4 bridgehead atoms.